The van der Waals surface area contributed by atoms with Crippen molar-refractivity contribution < 1.29 is 9.21 Å². The summed E-state index contributed by atoms with van der Waals surface area (Å²) in [5.41, 5.74) is 2.60. The highest BCUT2D eigenvalue weighted by Gasteiger charge is 2.39. The Morgan fingerprint density at radius 2 is 2.17 bits per heavy atom. The van der Waals surface area contributed by atoms with Crippen LogP contribution in [0.4, 0.5) is 5.69 Å². The minimum absolute atomic E-state index is 0.0166. The van der Waals surface area contributed by atoms with Crippen LogP contribution in [-0.2, 0) is 0 Å². The fourth-order valence-electron chi connectivity index (χ4n) is 4.20. The molecule has 3 atom stereocenters. The molecule has 0 aliphatic carbocycles. The van der Waals surface area contributed by atoms with Gasteiger partial charge >= 0.3 is 0 Å². The van der Waals surface area contributed by atoms with Gasteiger partial charge in [0.1, 0.15) is 11.8 Å². The summed E-state index contributed by atoms with van der Waals surface area (Å²) in [6, 6.07) is 7.01. The Bertz CT molecular complexity index is 750. The van der Waals surface area contributed by atoms with Crippen LogP contribution < -0.4 is 15.5 Å². The van der Waals surface area contributed by atoms with Crippen LogP contribution in [0.2, 0.25) is 0 Å². The van der Waals surface area contributed by atoms with E-state index in [2.05, 4.69) is 29.4 Å². The second-order valence-electron chi connectivity index (χ2n) is 6.87. The summed E-state index contributed by atoms with van der Waals surface area (Å²) in [5, 5.41) is 7.79. The standard InChI is InChI=1S/C19H25N3O2/c1-3-22(4-2)17-11-24-18-8-5-12(9-14(17)18)19(23)21-16-10-13-6-7-15(16)20-13/h5,8-9,11,13,15-16,20H,3-4,6-7,10H2,1-2H3,(H,21,23)/t13-,15+,16-/m1/s1. The van der Waals surface area contributed by atoms with Crippen molar-refractivity contribution in [3.8, 4) is 0 Å². The van der Waals surface area contributed by atoms with Gasteiger partial charge in [-0.3, -0.25) is 4.79 Å². The lowest BCUT2D eigenvalue weighted by molar-refractivity contribution is 0.0931. The third kappa shape index (κ3) is 2.57. The van der Waals surface area contributed by atoms with Crippen molar-refractivity contribution >= 4 is 22.6 Å². The highest BCUT2D eigenvalue weighted by atomic mass is 16.3. The summed E-state index contributed by atoms with van der Waals surface area (Å²) < 4.78 is 5.66. The molecule has 2 aliphatic rings. The molecule has 3 heterocycles. The second-order valence-corrected chi connectivity index (χ2v) is 6.87. The predicted molar refractivity (Wildman–Crippen MR) is 95.6 cm³/mol. The summed E-state index contributed by atoms with van der Waals surface area (Å²) in [4.78, 5) is 14.9. The Morgan fingerprint density at radius 3 is 2.83 bits per heavy atom. The van der Waals surface area contributed by atoms with Crippen LogP contribution in [0.15, 0.2) is 28.9 Å². The molecule has 1 amide bonds. The van der Waals surface area contributed by atoms with E-state index < -0.39 is 0 Å². The first-order valence-electron chi connectivity index (χ1n) is 9.02. The van der Waals surface area contributed by atoms with Crippen LogP contribution in [0.1, 0.15) is 43.5 Å². The van der Waals surface area contributed by atoms with Crippen LogP contribution in [0.5, 0.6) is 0 Å². The second kappa shape index (κ2) is 6.13. The highest BCUT2D eigenvalue weighted by molar-refractivity contribution is 6.01. The van der Waals surface area contributed by atoms with Crippen molar-refractivity contribution in [2.45, 2.75) is 51.2 Å². The third-order valence-corrected chi connectivity index (χ3v) is 5.54. The van der Waals surface area contributed by atoms with Crippen molar-refractivity contribution in [1.82, 2.24) is 10.6 Å². The lowest BCUT2D eigenvalue weighted by Crippen LogP contribution is -2.42. The average Bonchev–Trinajstić information content (AvgIpc) is 3.31. The van der Waals surface area contributed by atoms with Gasteiger partial charge in [-0.05, 0) is 51.3 Å². The Balaban J connectivity index is 1.57. The van der Waals surface area contributed by atoms with Crippen LogP contribution in [0.25, 0.3) is 11.0 Å². The minimum atomic E-state index is 0.0166. The molecule has 0 unspecified atom stereocenters. The lowest BCUT2D eigenvalue weighted by atomic mass is 9.95. The van der Waals surface area contributed by atoms with E-state index in [0.29, 0.717) is 17.6 Å². The number of furan rings is 1. The molecule has 5 heteroatoms. The Morgan fingerprint density at radius 1 is 1.33 bits per heavy atom. The van der Waals surface area contributed by atoms with Crippen LogP contribution in [-0.4, -0.2) is 37.1 Å². The maximum absolute atomic E-state index is 12.7. The molecule has 0 radical (unpaired) electrons. The normalized spacial score (nSPS) is 25.3. The Kier molecular flexibility index (Phi) is 3.96. The van der Waals surface area contributed by atoms with Gasteiger partial charge in [0.25, 0.3) is 5.91 Å². The number of carbonyl (C=O) groups is 1. The van der Waals surface area contributed by atoms with Gasteiger partial charge in [0.15, 0.2) is 0 Å². The average molecular weight is 327 g/mol. The molecule has 1 aromatic heterocycles. The number of benzene rings is 1. The molecule has 0 saturated carbocycles. The summed E-state index contributed by atoms with van der Waals surface area (Å²) in [6.07, 6.45) is 5.25. The number of nitrogens with one attached hydrogen (secondary N) is 2. The first-order valence-corrected chi connectivity index (χ1v) is 9.02. The first-order chi connectivity index (χ1) is 11.7. The highest BCUT2D eigenvalue weighted by Crippen LogP contribution is 2.31. The van der Waals surface area contributed by atoms with Gasteiger partial charge in [0.2, 0.25) is 0 Å². The molecular formula is C19H25N3O2. The van der Waals surface area contributed by atoms with Crippen LogP contribution in [0.3, 0.4) is 0 Å². The monoisotopic (exact) mass is 327 g/mol. The number of hydrogen-bond acceptors (Lipinski definition) is 4. The van der Waals surface area contributed by atoms with Crippen molar-refractivity contribution in [3.63, 3.8) is 0 Å². The van der Waals surface area contributed by atoms with E-state index in [9.17, 15) is 4.79 Å². The number of fused-ring (bicyclic) bond motifs is 3. The molecule has 0 spiro atoms. The van der Waals surface area contributed by atoms with E-state index in [0.717, 1.165) is 36.2 Å². The topological polar surface area (TPSA) is 57.5 Å². The van der Waals surface area contributed by atoms with E-state index >= 15 is 0 Å². The molecular weight excluding hydrogens is 302 g/mol. The molecule has 2 aromatic rings. The molecule has 2 fully saturated rings. The first kappa shape index (κ1) is 15.5. The molecule has 2 aliphatic heterocycles. The van der Waals surface area contributed by atoms with Gasteiger partial charge in [-0.1, -0.05) is 0 Å². The molecule has 24 heavy (non-hydrogen) atoms. The van der Waals surface area contributed by atoms with Crippen LogP contribution in [0, 0.1) is 0 Å². The van der Waals surface area contributed by atoms with E-state index in [1.807, 2.05) is 18.2 Å². The summed E-state index contributed by atoms with van der Waals surface area (Å²) in [7, 11) is 0. The fourth-order valence-corrected chi connectivity index (χ4v) is 4.20. The van der Waals surface area contributed by atoms with Crippen molar-refractivity contribution in [1.29, 1.82) is 0 Å². The number of rotatable bonds is 5. The Labute approximate surface area is 142 Å². The predicted octanol–water partition coefficient (Wildman–Crippen LogP) is 2.90. The maximum atomic E-state index is 12.7. The van der Waals surface area contributed by atoms with Gasteiger partial charge in [-0.25, -0.2) is 0 Å². The zero-order valence-electron chi connectivity index (χ0n) is 14.3. The number of nitrogens with zero attached hydrogens (tertiary/aromatic N) is 1. The third-order valence-electron chi connectivity index (χ3n) is 5.54. The number of amides is 1. The van der Waals surface area contributed by atoms with E-state index in [4.69, 9.17) is 4.42 Å². The number of carbonyl (C=O) groups excluding carboxylic acids is 1. The number of anilines is 1. The molecule has 1 aromatic carbocycles. The molecule has 128 valence electrons. The maximum Gasteiger partial charge on any atom is 0.251 e. The zero-order valence-corrected chi connectivity index (χ0v) is 14.3. The van der Waals surface area contributed by atoms with E-state index in [1.165, 1.54) is 12.8 Å². The van der Waals surface area contributed by atoms with Crippen molar-refractivity contribution in [3.05, 3.63) is 30.0 Å². The largest absolute Gasteiger partial charge is 0.462 e. The zero-order chi connectivity index (χ0) is 16.7. The molecule has 2 N–H and O–H groups in total. The molecule has 4 rings (SSSR count). The van der Waals surface area contributed by atoms with E-state index in [1.54, 1.807) is 6.26 Å². The smallest absolute Gasteiger partial charge is 0.251 e. The van der Waals surface area contributed by atoms with Gasteiger partial charge in [-0.2, -0.15) is 0 Å². The van der Waals surface area contributed by atoms with Crippen LogP contribution >= 0.6 is 0 Å². The quantitative estimate of drug-likeness (QED) is 0.886. The summed E-state index contributed by atoms with van der Waals surface area (Å²) in [5.74, 6) is 0.0166. The SMILES string of the molecule is CCN(CC)c1coc2ccc(C(=O)N[C@@H]3C[C@H]4CC[C@@H]3N4)cc12. The number of hydrogen-bond donors (Lipinski definition) is 2. The van der Waals surface area contributed by atoms with Gasteiger partial charge in [0, 0.05) is 42.2 Å². The molecule has 5 nitrogen and oxygen atoms in total. The summed E-state index contributed by atoms with van der Waals surface area (Å²) in [6.45, 7) is 6.08. The van der Waals surface area contributed by atoms with Crippen molar-refractivity contribution in [2.75, 3.05) is 18.0 Å². The Hall–Kier alpha value is -2.01. The summed E-state index contributed by atoms with van der Waals surface area (Å²) >= 11 is 0. The van der Waals surface area contributed by atoms with E-state index in [-0.39, 0.29) is 11.9 Å². The van der Waals surface area contributed by atoms with Gasteiger partial charge in [0.05, 0.1) is 5.69 Å². The molecule has 2 saturated heterocycles. The van der Waals surface area contributed by atoms with Gasteiger partial charge in [-0.15, -0.1) is 0 Å². The molecule has 2 bridgehead atoms. The minimum Gasteiger partial charge on any atom is -0.462 e. The fraction of sp³-hybridized carbons (Fsp3) is 0.526. The van der Waals surface area contributed by atoms with Crippen molar-refractivity contribution in [2.24, 2.45) is 0 Å². The van der Waals surface area contributed by atoms with Gasteiger partial charge < -0.3 is 20.0 Å². The lowest BCUT2D eigenvalue weighted by Gasteiger charge is -2.21.